The summed E-state index contributed by atoms with van der Waals surface area (Å²) in [6, 6.07) is 0. The lowest BCUT2D eigenvalue weighted by molar-refractivity contribution is 0.630. The molecule has 0 amide bonds. The largest absolute Gasteiger partial charge is 0.312 e. The normalized spacial score (nSPS) is 15.9. The molecule has 0 aliphatic heterocycles. The predicted octanol–water partition coefficient (Wildman–Crippen LogP) is 2.88. The quantitative estimate of drug-likeness (QED) is 0.605. The Bertz CT molecular complexity index is 365. The standard InChI is InChI=1S/C14H23N3/c1-2-17-12-14(11-16-17)10-15-9-8-13-6-4-3-5-7-13/h6,11-12,15H,2-5,7-10H2,1H3. The van der Waals surface area contributed by atoms with Crippen molar-refractivity contribution in [2.45, 2.75) is 52.1 Å². The number of aromatic nitrogens is 2. The summed E-state index contributed by atoms with van der Waals surface area (Å²) in [5.41, 5.74) is 2.93. The summed E-state index contributed by atoms with van der Waals surface area (Å²) < 4.78 is 1.97. The molecule has 1 heterocycles. The van der Waals surface area contributed by atoms with Crippen LogP contribution >= 0.6 is 0 Å². The van der Waals surface area contributed by atoms with Crippen LogP contribution in [-0.2, 0) is 13.1 Å². The van der Waals surface area contributed by atoms with Gasteiger partial charge in [0.15, 0.2) is 0 Å². The van der Waals surface area contributed by atoms with Crippen LogP contribution in [0.5, 0.6) is 0 Å². The molecular formula is C14H23N3. The van der Waals surface area contributed by atoms with E-state index in [1.54, 1.807) is 5.57 Å². The van der Waals surface area contributed by atoms with E-state index < -0.39 is 0 Å². The summed E-state index contributed by atoms with van der Waals surface area (Å²) >= 11 is 0. The summed E-state index contributed by atoms with van der Waals surface area (Å²) in [5.74, 6) is 0. The van der Waals surface area contributed by atoms with E-state index >= 15 is 0 Å². The second-order valence-electron chi connectivity index (χ2n) is 4.74. The summed E-state index contributed by atoms with van der Waals surface area (Å²) in [5, 5.41) is 7.76. The van der Waals surface area contributed by atoms with Crippen molar-refractivity contribution in [1.82, 2.24) is 15.1 Å². The fraction of sp³-hybridized carbons (Fsp3) is 0.643. The molecule has 0 atom stereocenters. The summed E-state index contributed by atoms with van der Waals surface area (Å²) in [6.45, 7) is 5.09. The highest BCUT2D eigenvalue weighted by Gasteiger charge is 2.03. The fourth-order valence-corrected chi connectivity index (χ4v) is 2.28. The third kappa shape index (κ3) is 4.00. The maximum Gasteiger partial charge on any atom is 0.0534 e. The Hall–Kier alpha value is -1.09. The van der Waals surface area contributed by atoms with Crippen molar-refractivity contribution in [3.05, 3.63) is 29.6 Å². The van der Waals surface area contributed by atoms with Gasteiger partial charge in [-0.25, -0.2) is 0 Å². The average Bonchev–Trinajstić information content (AvgIpc) is 2.84. The molecule has 3 nitrogen and oxygen atoms in total. The van der Waals surface area contributed by atoms with E-state index in [0.717, 1.165) is 19.6 Å². The van der Waals surface area contributed by atoms with E-state index in [1.165, 1.54) is 37.7 Å². The average molecular weight is 233 g/mol. The van der Waals surface area contributed by atoms with Gasteiger partial charge in [-0.15, -0.1) is 0 Å². The van der Waals surface area contributed by atoms with Crippen LogP contribution in [-0.4, -0.2) is 16.3 Å². The van der Waals surface area contributed by atoms with E-state index in [9.17, 15) is 0 Å². The third-order valence-corrected chi connectivity index (χ3v) is 3.35. The first-order valence-corrected chi connectivity index (χ1v) is 6.78. The number of hydrogen-bond acceptors (Lipinski definition) is 2. The maximum absolute atomic E-state index is 4.27. The zero-order chi connectivity index (χ0) is 11.9. The van der Waals surface area contributed by atoms with Crippen LogP contribution in [0.25, 0.3) is 0 Å². The van der Waals surface area contributed by atoms with Gasteiger partial charge in [-0.3, -0.25) is 4.68 Å². The second kappa shape index (κ2) is 6.60. The Balaban J connectivity index is 1.64. The first-order valence-electron chi connectivity index (χ1n) is 6.78. The highest BCUT2D eigenvalue weighted by atomic mass is 15.3. The predicted molar refractivity (Wildman–Crippen MR) is 70.8 cm³/mol. The van der Waals surface area contributed by atoms with E-state index in [4.69, 9.17) is 0 Å². The topological polar surface area (TPSA) is 29.9 Å². The lowest BCUT2D eigenvalue weighted by Crippen LogP contribution is -2.15. The van der Waals surface area contributed by atoms with Gasteiger partial charge in [0.1, 0.15) is 0 Å². The van der Waals surface area contributed by atoms with E-state index in [2.05, 4.69) is 29.6 Å². The Kier molecular flexibility index (Phi) is 4.80. The van der Waals surface area contributed by atoms with Gasteiger partial charge in [0, 0.05) is 24.8 Å². The van der Waals surface area contributed by atoms with Gasteiger partial charge in [0.05, 0.1) is 6.20 Å². The van der Waals surface area contributed by atoms with Crippen LogP contribution < -0.4 is 5.32 Å². The molecule has 2 rings (SSSR count). The van der Waals surface area contributed by atoms with Gasteiger partial charge < -0.3 is 5.32 Å². The van der Waals surface area contributed by atoms with Crippen molar-refractivity contribution in [1.29, 1.82) is 0 Å². The van der Waals surface area contributed by atoms with Gasteiger partial charge >= 0.3 is 0 Å². The maximum atomic E-state index is 4.27. The monoisotopic (exact) mass is 233 g/mol. The molecule has 1 aliphatic rings. The molecule has 1 aromatic rings. The molecule has 0 radical (unpaired) electrons. The van der Waals surface area contributed by atoms with E-state index in [0.29, 0.717) is 0 Å². The number of allylic oxidation sites excluding steroid dienone is 1. The van der Waals surface area contributed by atoms with Crippen molar-refractivity contribution < 1.29 is 0 Å². The van der Waals surface area contributed by atoms with Crippen LogP contribution in [0.3, 0.4) is 0 Å². The van der Waals surface area contributed by atoms with Gasteiger partial charge in [-0.05, 0) is 45.6 Å². The van der Waals surface area contributed by atoms with Crippen LogP contribution in [0, 0.1) is 0 Å². The minimum atomic E-state index is 0.938. The molecule has 0 saturated heterocycles. The number of nitrogens with zero attached hydrogens (tertiary/aromatic N) is 2. The number of rotatable bonds is 6. The fourth-order valence-electron chi connectivity index (χ4n) is 2.28. The Morgan fingerprint density at radius 3 is 3.06 bits per heavy atom. The lowest BCUT2D eigenvalue weighted by atomic mass is 9.97. The smallest absolute Gasteiger partial charge is 0.0534 e. The van der Waals surface area contributed by atoms with Crippen molar-refractivity contribution in [3.63, 3.8) is 0 Å². The summed E-state index contributed by atoms with van der Waals surface area (Å²) in [7, 11) is 0. The molecule has 3 heteroatoms. The molecular weight excluding hydrogens is 210 g/mol. The van der Waals surface area contributed by atoms with Crippen molar-refractivity contribution in [3.8, 4) is 0 Å². The van der Waals surface area contributed by atoms with E-state index in [1.807, 2.05) is 10.9 Å². The molecule has 0 unspecified atom stereocenters. The zero-order valence-corrected chi connectivity index (χ0v) is 10.8. The number of nitrogens with one attached hydrogen (secondary N) is 1. The SMILES string of the molecule is CCn1cc(CNCCC2=CCCCC2)cn1. The summed E-state index contributed by atoms with van der Waals surface area (Å²) in [6.07, 6.45) is 13.1. The minimum Gasteiger partial charge on any atom is -0.312 e. The molecule has 0 spiro atoms. The molecule has 1 aliphatic carbocycles. The van der Waals surface area contributed by atoms with Crippen molar-refractivity contribution in [2.24, 2.45) is 0 Å². The molecule has 1 aromatic heterocycles. The molecule has 0 bridgehead atoms. The molecule has 0 saturated carbocycles. The van der Waals surface area contributed by atoms with Gasteiger partial charge in [0.2, 0.25) is 0 Å². The highest BCUT2D eigenvalue weighted by molar-refractivity contribution is 5.06. The van der Waals surface area contributed by atoms with Crippen LogP contribution in [0.15, 0.2) is 24.0 Å². The molecule has 17 heavy (non-hydrogen) atoms. The molecule has 94 valence electrons. The van der Waals surface area contributed by atoms with Gasteiger partial charge in [0.25, 0.3) is 0 Å². The van der Waals surface area contributed by atoms with Gasteiger partial charge in [-0.1, -0.05) is 11.6 Å². The molecule has 1 N–H and O–H groups in total. The minimum absolute atomic E-state index is 0.938. The first kappa shape index (κ1) is 12.4. The zero-order valence-electron chi connectivity index (χ0n) is 10.8. The number of hydrogen-bond donors (Lipinski definition) is 1. The summed E-state index contributed by atoms with van der Waals surface area (Å²) in [4.78, 5) is 0. The van der Waals surface area contributed by atoms with Gasteiger partial charge in [-0.2, -0.15) is 5.10 Å². The molecule has 0 aromatic carbocycles. The van der Waals surface area contributed by atoms with Crippen LogP contribution in [0.4, 0.5) is 0 Å². The van der Waals surface area contributed by atoms with E-state index in [-0.39, 0.29) is 0 Å². The Labute approximate surface area is 104 Å². The third-order valence-electron chi connectivity index (χ3n) is 3.35. The number of aryl methyl sites for hydroxylation is 1. The van der Waals surface area contributed by atoms with Crippen molar-refractivity contribution in [2.75, 3.05) is 6.54 Å². The molecule has 0 fully saturated rings. The second-order valence-corrected chi connectivity index (χ2v) is 4.74. The van der Waals surface area contributed by atoms with Crippen LogP contribution in [0.2, 0.25) is 0 Å². The highest BCUT2D eigenvalue weighted by Crippen LogP contribution is 2.19. The van der Waals surface area contributed by atoms with Crippen molar-refractivity contribution >= 4 is 0 Å². The lowest BCUT2D eigenvalue weighted by Gasteiger charge is -2.12. The first-order chi connectivity index (χ1) is 8.38. The Morgan fingerprint density at radius 2 is 2.35 bits per heavy atom. The van der Waals surface area contributed by atoms with Crippen LogP contribution in [0.1, 0.15) is 44.6 Å². The Morgan fingerprint density at radius 1 is 1.41 bits per heavy atom.